The fourth-order valence-electron chi connectivity index (χ4n) is 8.43. The van der Waals surface area contributed by atoms with Crippen LogP contribution in [0.2, 0.25) is 0 Å². The van der Waals surface area contributed by atoms with Crippen molar-refractivity contribution in [3.63, 3.8) is 0 Å². The van der Waals surface area contributed by atoms with Crippen molar-refractivity contribution in [1.29, 1.82) is 0 Å². The monoisotopic (exact) mass is 700 g/mol. The molecule has 11 aromatic rings. The minimum Gasteiger partial charge on any atom is -0.456 e. The van der Waals surface area contributed by atoms with Gasteiger partial charge in [0, 0.05) is 32.8 Å². The molecule has 0 aliphatic carbocycles. The lowest BCUT2D eigenvalue weighted by atomic mass is 9.85. The zero-order valence-electron chi connectivity index (χ0n) is 29.8. The van der Waals surface area contributed by atoms with Crippen LogP contribution in [0.25, 0.3) is 110 Å². The van der Waals surface area contributed by atoms with Crippen molar-refractivity contribution in [3.8, 4) is 56.2 Å². The quantitative estimate of drug-likeness (QED) is 0.133. The first-order valence-electron chi connectivity index (χ1n) is 18.7. The van der Waals surface area contributed by atoms with Crippen LogP contribution in [0.5, 0.6) is 0 Å². The molecule has 256 valence electrons. The number of rotatable bonds is 5. The first-order valence-corrected chi connectivity index (χ1v) is 18.7. The Morgan fingerprint density at radius 2 is 0.927 bits per heavy atom. The summed E-state index contributed by atoms with van der Waals surface area (Å²) in [5.41, 5.74) is 11.2. The third-order valence-corrected chi connectivity index (χ3v) is 10.9. The summed E-state index contributed by atoms with van der Waals surface area (Å²) < 4.78 is 6.28. The third-order valence-electron chi connectivity index (χ3n) is 10.9. The summed E-state index contributed by atoms with van der Waals surface area (Å²) in [5.74, 6) is 0.686. The van der Waals surface area contributed by atoms with Crippen molar-refractivity contribution in [3.05, 3.63) is 194 Å². The Hall–Kier alpha value is -7.36. The molecule has 0 aliphatic heterocycles. The summed E-state index contributed by atoms with van der Waals surface area (Å²) in [6.07, 6.45) is 0. The maximum absolute atomic E-state index is 6.28. The average molecular weight is 701 g/mol. The number of hydrogen-bond donors (Lipinski definition) is 0. The maximum Gasteiger partial charge on any atom is 0.160 e. The summed E-state index contributed by atoms with van der Waals surface area (Å²) in [6.45, 7) is 0. The zero-order chi connectivity index (χ0) is 36.3. The molecule has 0 spiro atoms. The van der Waals surface area contributed by atoms with Crippen molar-refractivity contribution in [2.45, 2.75) is 0 Å². The molecule has 3 heteroatoms. The van der Waals surface area contributed by atoms with E-state index in [-0.39, 0.29) is 0 Å². The summed E-state index contributed by atoms with van der Waals surface area (Å²) in [4.78, 5) is 10.7. The number of fused-ring (bicyclic) bond motifs is 7. The van der Waals surface area contributed by atoms with Gasteiger partial charge in [-0.2, -0.15) is 0 Å². The molecule has 0 fully saturated rings. The van der Waals surface area contributed by atoms with Crippen LogP contribution in [-0.4, -0.2) is 9.97 Å². The minimum atomic E-state index is 0.686. The van der Waals surface area contributed by atoms with Crippen LogP contribution in [0.15, 0.2) is 199 Å². The van der Waals surface area contributed by atoms with E-state index < -0.39 is 0 Å². The van der Waals surface area contributed by atoms with Crippen molar-refractivity contribution >= 4 is 54.3 Å². The van der Waals surface area contributed by atoms with Gasteiger partial charge in [-0.15, -0.1) is 0 Å². The Bertz CT molecular complexity index is 3250. The molecule has 3 nitrogen and oxygen atoms in total. The summed E-state index contributed by atoms with van der Waals surface area (Å²) in [7, 11) is 0. The van der Waals surface area contributed by atoms with E-state index in [4.69, 9.17) is 14.4 Å². The topological polar surface area (TPSA) is 38.9 Å². The van der Waals surface area contributed by atoms with Gasteiger partial charge in [0.15, 0.2) is 5.82 Å². The largest absolute Gasteiger partial charge is 0.456 e. The molecule has 0 radical (unpaired) electrons. The molecule has 0 unspecified atom stereocenters. The molecule has 0 N–H and O–H groups in total. The fraction of sp³-hybridized carbons (Fsp3) is 0. The summed E-state index contributed by atoms with van der Waals surface area (Å²) in [5, 5.41) is 9.34. The number of hydrogen-bond acceptors (Lipinski definition) is 3. The Labute approximate surface area is 317 Å². The lowest BCUT2D eigenvalue weighted by Crippen LogP contribution is -1.98. The van der Waals surface area contributed by atoms with Crippen LogP contribution < -0.4 is 0 Å². The van der Waals surface area contributed by atoms with Gasteiger partial charge in [-0.25, -0.2) is 9.97 Å². The highest BCUT2D eigenvalue weighted by Crippen LogP contribution is 2.46. The van der Waals surface area contributed by atoms with Gasteiger partial charge in [0.25, 0.3) is 0 Å². The van der Waals surface area contributed by atoms with E-state index in [0.29, 0.717) is 5.82 Å². The summed E-state index contributed by atoms with van der Waals surface area (Å²) >= 11 is 0. The summed E-state index contributed by atoms with van der Waals surface area (Å²) in [6, 6.07) is 68.6. The van der Waals surface area contributed by atoms with Crippen molar-refractivity contribution in [2.24, 2.45) is 0 Å². The van der Waals surface area contributed by atoms with E-state index >= 15 is 0 Å². The lowest BCUT2D eigenvalue weighted by molar-refractivity contribution is 0.669. The number of nitrogens with zero attached hydrogens (tertiary/aromatic N) is 2. The number of benzene rings is 9. The van der Waals surface area contributed by atoms with Crippen LogP contribution >= 0.6 is 0 Å². The van der Waals surface area contributed by atoms with E-state index in [1.807, 2.05) is 24.3 Å². The fourth-order valence-corrected chi connectivity index (χ4v) is 8.43. The zero-order valence-corrected chi connectivity index (χ0v) is 29.8. The first-order chi connectivity index (χ1) is 27.3. The van der Waals surface area contributed by atoms with Gasteiger partial charge in [-0.3, -0.25) is 0 Å². The van der Waals surface area contributed by atoms with Gasteiger partial charge in [0.1, 0.15) is 11.2 Å². The molecule has 0 atom stereocenters. The van der Waals surface area contributed by atoms with E-state index in [2.05, 4.69) is 170 Å². The Morgan fingerprint density at radius 1 is 0.327 bits per heavy atom. The molecule has 0 amide bonds. The molecule has 2 heterocycles. The second-order valence-electron chi connectivity index (χ2n) is 14.1. The van der Waals surface area contributed by atoms with Crippen LogP contribution in [0.4, 0.5) is 0 Å². The minimum absolute atomic E-state index is 0.686. The molecule has 9 aromatic carbocycles. The second kappa shape index (κ2) is 12.6. The highest BCUT2D eigenvalue weighted by Gasteiger charge is 2.21. The highest BCUT2D eigenvalue weighted by atomic mass is 16.3. The Kier molecular flexibility index (Phi) is 7.17. The van der Waals surface area contributed by atoms with Crippen molar-refractivity contribution in [2.75, 3.05) is 0 Å². The standard InChI is InChI=1S/C52H32N2O/c1-3-16-34(17-4-1)48-40-23-9-10-24-41(40)51(50-38-22-8-7-15-33(38)29-30-43(48)50)45-32-44(53-52(54-45)35-18-5-2-6-19-35)37-21-13-20-36(31-37)39-26-14-28-47-49(39)42-25-11-12-27-46(42)55-47/h1-32H. The van der Waals surface area contributed by atoms with Gasteiger partial charge < -0.3 is 4.42 Å². The average Bonchev–Trinajstić information content (AvgIpc) is 3.65. The molecule has 11 rings (SSSR count). The molecular formula is C52H32N2O. The smallest absolute Gasteiger partial charge is 0.160 e. The van der Waals surface area contributed by atoms with Crippen molar-refractivity contribution in [1.82, 2.24) is 9.97 Å². The van der Waals surface area contributed by atoms with Gasteiger partial charge >= 0.3 is 0 Å². The number of furan rings is 1. The molecule has 0 saturated carbocycles. The molecule has 0 aliphatic rings. The third kappa shape index (κ3) is 5.13. The first kappa shape index (κ1) is 31.2. The molecule has 0 bridgehead atoms. The number of para-hydroxylation sites is 1. The predicted molar refractivity (Wildman–Crippen MR) is 229 cm³/mol. The van der Waals surface area contributed by atoms with Crippen LogP contribution in [0, 0.1) is 0 Å². The Balaban J connectivity index is 1.21. The van der Waals surface area contributed by atoms with Gasteiger partial charge in [0.2, 0.25) is 0 Å². The van der Waals surface area contributed by atoms with E-state index in [0.717, 1.165) is 66.5 Å². The van der Waals surface area contributed by atoms with E-state index in [9.17, 15) is 0 Å². The maximum atomic E-state index is 6.28. The van der Waals surface area contributed by atoms with Crippen LogP contribution in [0.1, 0.15) is 0 Å². The second-order valence-corrected chi connectivity index (χ2v) is 14.1. The SMILES string of the molecule is c1ccc(-c2nc(-c3cccc(-c4cccc5oc6ccccc6c45)c3)cc(-c3c4ccccc4c(-c4ccccc4)c4ccc5ccccc5c34)n2)cc1. The van der Waals surface area contributed by atoms with Gasteiger partial charge in [0.05, 0.1) is 11.4 Å². The molecular weight excluding hydrogens is 669 g/mol. The van der Waals surface area contributed by atoms with Crippen LogP contribution in [-0.2, 0) is 0 Å². The van der Waals surface area contributed by atoms with Crippen molar-refractivity contribution < 1.29 is 4.42 Å². The predicted octanol–water partition coefficient (Wildman–Crippen LogP) is 14.2. The van der Waals surface area contributed by atoms with Gasteiger partial charge in [-0.1, -0.05) is 170 Å². The lowest BCUT2D eigenvalue weighted by Gasteiger charge is -2.19. The molecule has 2 aromatic heterocycles. The van der Waals surface area contributed by atoms with E-state index in [1.54, 1.807) is 0 Å². The highest BCUT2D eigenvalue weighted by molar-refractivity contribution is 6.27. The normalized spacial score (nSPS) is 11.6. The van der Waals surface area contributed by atoms with Gasteiger partial charge in [-0.05, 0) is 73.5 Å². The Morgan fingerprint density at radius 3 is 1.75 bits per heavy atom. The molecule has 0 saturated heterocycles. The number of aromatic nitrogens is 2. The van der Waals surface area contributed by atoms with Crippen LogP contribution in [0.3, 0.4) is 0 Å². The van der Waals surface area contributed by atoms with E-state index in [1.165, 1.54) is 38.1 Å². The molecule has 55 heavy (non-hydrogen) atoms.